The number of hydrogen-bond acceptors (Lipinski definition) is 3. The maximum Gasteiger partial charge on any atom is 0.416 e. The summed E-state index contributed by atoms with van der Waals surface area (Å²) >= 11 is 3.20. The molecule has 0 radical (unpaired) electrons. The van der Waals surface area contributed by atoms with E-state index in [1.165, 1.54) is 12.3 Å². The molecule has 0 saturated heterocycles. The van der Waals surface area contributed by atoms with Crippen LogP contribution in [0.15, 0.2) is 34.9 Å². The number of benzene rings is 1. The van der Waals surface area contributed by atoms with Crippen LogP contribution in [-0.4, -0.2) is 4.98 Å². The number of aromatic nitrogens is 1. The highest BCUT2D eigenvalue weighted by atomic mass is 79.9. The van der Waals surface area contributed by atoms with Gasteiger partial charge in [0, 0.05) is 10.7 Å². The summed E-state index contributed by atoms with van der Waals surface area (Å²) in [4.78, 5) is 4.03. The van der Waals surface area contributed by atoms with Crippen molar-refractivity contribution in [3.05, 3.63) is 46.1 Å². The van der Waals surface area contributed by atoms with E-state index in [9.17, 15) is 13.2 Å². The Balaban J connectivity index is 2.41. The number of pyridine rings is 1. The van der Waals surface area contributed by atoms with Crippen LogP contribution in [0.3, 0.4) is 0 Å². The summed E-state index contributed by atoms with van der Waals surface area (Å²) in [6.07, 6.45) is -2.86. The lowest BCUT2D eigenvalue weighted by molar-refractivity contribution is -0.137. The fourth-order valence-electron chi connectivity index (χ4n) is 1.59. The number of nitrogens with two attached hydrogens (primary N) is 1. The molecule has 3 nitrogen and oxygen atoms in total. The second-order valence-electron chi connectivity index (χ2n) is 4.21. The number of nitrogens with one attached hydrogen (secondary N) is 1. The highest BCUT2D eigenvalue weighted by Gasteiger charge is 2.31. The van der Waals surface area contributed by atoms with Gasteiger partial charge < -0.3 is 11.1 Å². The van der Waals surface area contributed by atoms with Gasteiger partial charge in [0.15, 0.2) is 5.82 Å². The van der Waals surface area contributed by atoms with Gasteiger partial charge in [-0.05, 0) is 52.7 Å². The van der Waals surface area contributed by atoms with Gasteiger partial charge in [0.1, 0.15) is 0 Å². The predicted octanol–water partition coefficient (Wildman–Crippen LogP) is 4.50. The van der Waals surface area contributed by atoms with Crippen molar-refractivity contribution in [2.24, 2.45) is 0 Å². The summed E-state index contributed by atoms with van der Waals surface area (Å²) in [5.74, 6) is 0.324. The second kappa shape index (κ2) is 5.32. The van der Waals surface area contributed by atoms with E-state index in [-0.39, 0.29) is 5.69 Å². The molecule has 0 atom stereocenters. The number of aryl methyl sites for hydroxylation is 1. The normalized spacial score (nSPS) is 11.4. The van der Waals surface area contributed by atoms with Crippen LogP contribution in [0.2, 0.25) is 0 Å². The van der Waals surface area contributed by atoms with E-state index in [1.807, 2.05) is 0 Å². The molecule has 0 aliphatic heterocycles. The molecule has 1 aromatic heterocycles. The fourth-order valence-corrected chi connectivity index (χ4v) is 1.94. The molecule has 0 spiro atoms. The summed E-state index contributed by atoms with van der Waals surface area (Å²) in [6.45, 7) is 1.80. The van der Waals surface area contributed by atoms with Gasteiger partial charge in [0.05, 0.1) is 16.9 Å². The van der Waals surface area contributed by atoms with E-state index >= 15 is 0 Å². The summed E-state index contributed by atoms with van der Waals surface area (Å²) in [5.41, 5.74) is 6.55. The fraction of sp³-hybridized carbons (Fsp3) is 0.154. The van der Waals surface area contributed by atoms with E-state index in [2.05, 4.69) is 26.2 Å². The second-order valence-corrected chi connectivity index (χ2v) is 5.06. The lowest BCUT2D eigenvalue weighted by Gasteiger charge is -2.14. The van der Waals surface area contributed by atoms with Crippen LogP contribution in [0, 0.1) is 6.92 Å². The molecular weight excluding hydrogens is 335 g/mol. The molecule has 0 aliphatic carbocycles. The number of anilines is 3. The molecule has 20 heavy (non-hydrogen) atoms. The average molecular weight is 346 g/mol. The van der Waals surface area contributed by atoms with Crippen LogP contribution in [-0.2, 0) is 6.18 Å². The van der Waals surface area contributed by atoms with E-state index < -0.39 is 11.7 Å². The molecule has 2 rings (SSSR count). The van der Waals surface area contributed by atoms with Gasteiger partial charge in [-0.2, -0.15) is 13.2 Å². The lowest BCUT2D eigenvalue weighted by atomic mass is 10.2. The topological polar surface area (TPSA) is 50.9 Å². The molecule has 0 saturated carbocycles. The Bertz CT molecular complexity index is 641. The minimum absolute atomic E-state index is 0.254. The molecule has 7 heteroatoms. The van der Waals surface area contributed by atoms with Gasteiger partial charge in [0.25, 0.3) is 0 Å². The Morgan fingerprint density at radius 1 is 1.25 bits per heavy atom. The van der Waals surface area contributed by atoms with Crippen molar-refractivity contribution in [3.63, 3.8) is 0 Å². The van der Waals surface area contributed by atoms with Crippen LogP contribution in [0.4, 0.5) is 30.4 Å². The SMILES string of the molecule is Cc1ccnc(Nc2cc(C(F)(F)F)ccc2Br)c1N. The molecule has 0 aliphatic rings. The number of alkyl halides is 3. The van der Waals surface area contributed by atoms with Gasteiger partial charge in [-0.25, -0.2) is 4.98 Å². The van der Waals surface area contributed by atoms with Crippen molar-refractivity contribution < 1.29 is 13.2 Å². The van der Waals surface area contributed by atoms with E-state index in [0.717, 1.165) is 17.7 Å². The van der Waals surface area contributed by atoms with Gasteiger partial charge in [-0.3, -0.25) is 0 Å². The Labute approximate surface area is 122 Å². The maximum absolute atomic E-state index is 12.7. The van der Waals surface area contributed by atoms with Crippen molar-refractivity contribution >= 4 is 33.1 Å². The van der Waals surface area contributed by atoms with Crippen molar-refractivity contribution in [3.8, 4) is 0 Å². The van der Waals surface area contributed by atoms with Crippen LogP contribution in [0.5, 0.6) is 0 Å². The van der Waals surface area contributed by atoms with E-state index in [0.29, 0.717) is 16.0 Å². The van der Waals surface area contributed by atoms with Gasteiger partial charge in [-0.15, -0.1) is 0 Å². The lowest BCUT2D eigenvalue weighted by Crippen LogP contribution is -2.06. The maximum atomic E-state index is 12.7. The van der Waals surface area contributed by atoms with Crippen molar-refractivity contribution in [1.29, 1.82) is 0 Å². The molecule has 0 unspecified atom stereocenters. The van der Waals surface area contributed by atoms with Crippen LogP contribution in [0.1, 0.15) is 11.1 Å². The first-order chi connectivity index (χ1) is 9.29. The molecule has 0 fully saturated rings. The third-order valence-electron chi connectivity index (χ3n) is 2.75. The zero-order valence-electron chi connectivity index (χ0n) is 10.4. The zero-order chi connectivity index (χ0) is 14.9. The van der Waals surface area contributed by atoms with Crippen molar-refractivity contribution in [2.45, 2.75) is 13.1 Å². The largest absolute Gasteiger partial charge is 0.416 e. The smallest absolute Gasteiger partial charge is 0.396 e. The first-order valence-corrected chi connectivity index (χ1v) is 6.43. The summed E-state index contributed by atoms with van der Waals surface area (Å²) in [7, 11) is 0. The standard InChI is InChI=1S/C13H11BrF3N3/c1-7-4-5-19-12(11(7)18)20-10-6-8(13(15,16)17)2-3-9(10)14/h2-6H,18H2,1H3,(H,19,20). The molecule has 106 valence electrons. The molecule has 2 aromatic rings. The minimum atomic E-state index is -4.40. The number of halogens is 4. The van der Waals surface area contributed by atoms with Gasteiger partial charge in [0.2, 0.25) is 0 Å². The first-order valence-electron chi connectivity index (χ1n) is 5.64. The predicted molar refractivity (Wildman–Crippen MR) is 75.8 cm³/mol. The average Bonchev–Trinajstić information content (AvgIpc) is 2.36. The number of rotatable bonds is 2. The summed E-state index contributed by atoms with van der Waals surface area (Å²) in [6, 6.07) is 5.06. The minimum Gasteiger partial charge on any atom is -0.396 e. The van der Waals surface area contributed by atoms with Crippen molar-refractivity contribution in [2.75, 3.05) is 11.1 Å². The van der Waals surface area contributed by atoms with E-state index in [4.69, 9.17) is 5.73 Å². The Hall–Kier alpha value is -1.76. The van der Waals surface area contributed by atoms with Gasteiger partial charge in [-0.1, -0.05) is 0 Å². The van der Waals surface area contributed by atoms with Gasteiger partial charge >= 0.3 is 6.18 Å². The van der Waals surface area contributed by atoms with Crippen molar-refractivity contribution in [1.82, 2.24) is 4.98 Å². The number of nitrogen functional groups attached to an aromatic ring is 1. The highest BCUT2D eigenvalue weighted by Crippen LogP contribution is 2.35. The molecule has 1 aromatic carbocycles. The molecule has 0 bridgehead atoms. The Kier molecular flexibility index (Phi) is 3.89. The quantitative estimate of drug-likeness (QED) is 0.842. The number of nitrogens with zero attached hydrogens (tertiary/aromatic N) is 1. The Morgan fingerprint density at radius 2 is 1.95 bits per heavy atom. The molecular formula is C13H11BrF3N3. The highest BCUT2D eigenvalue weighted by molar-refractivity contribution is 9.10. The first kappa shape index (κ1) is 14.6. The zero-order valence-corrected chi connectivity index (χ0v) is 12.0. The van der Waals surface area contributed by atoms with Crippen LogP contribution < -0.4 is 11.1 Å². The third kappa shape index (κ3) is 3.04. The van der Waals surface area contributed by atoms with E-state index in [1.54, 1.807) is 13.0 Å². The Morgan fingerprint density at radius 3 is 2.60 bits per heavy atom. The molecule has 3 N–H and O–H groups in total. The van der Waals surface area contributed by atoms with Crippen LogP contribution >= 0.6 is 15.9 Å². The summed E-state index contributed by atoms with van der Waals surface area (Å²) in [5, 5.41) is 2.81. The third-order valence-corrected chi connectivity index (χ3v) is 3.45. The molecule has 0 amide bonds. The molecule has 1 heterocycles. The monoisotopic (exact) mass is 345 g/mol. The summed E-state index contributed by atoms with van der Waals surface area (Å²) < 4.78 is 38.6. The van der Waals surface area contributed by atoms with Crippen LogP contribution in [0.25, 0.3) is 0 Å². The number of hydrogen-bond donors (Lipinski definition) is 2.